The number of hydrogen-bond acceptors (Lipinski definition) is 3. The van der Waals surface area contributed by atoms with E-state index in [0.717, 1.165) is 0 Å². The van der Waals surface area contributed by atoms with Crippen molar-refractivity contribution in [1.82, 2.24) is 0 Å². The van der Waals surface area contributed by atoms with Crippen LogP contribution >= 0.6 is 27.5 Å². The van der Waals surface area contributed by atoms with Gasteiger partial charge in [0.25, 0.3) is 5.69 Å². The largest absolute Gasteiger partial charge is 0.417 e. The van der Waals surface area contributed by atoms with Crippen molar-refractivity contribution in [3.8, 4) is 0 Å². The molecule has 0 saturated carbocycles. The third kappa shape index (κ3) is 2.81. The van der Waals surface area contributed by atoms with Gasteiger partial charge in [-0.25, -0.2) is 0 Å². The average Bonchev–Trinajstić information content (AvgIpc) is 2.25. The Hall–Kier alpha value is -1.15. The van der Waals surface area contributed by atoms with E-state index in [-0.39, 0.29) is 0 Å². The van der Waals surface area contributed by atoms with Gasteiger partial charge in [-0.05, 0) is 22.0 Å². The summed E-state index contributed by atoms with van der Waals surface area (Å²) < 4.78 is 37.5. The standard InChI is InChI=1S/C9H4BrClF3NO3/c10-8-5(15(17)18)2-1-4(9(12,13)14)7(8)6(16)3-11/h1-2H,3H2. The fourth-order valence-corrected chi connectivity index (χ4v) is 2.13. The molecule has 0 fully saturated rings. The first-order valence-electron chi connectivity index (χ1n) is 4.33. The zero-order valence-corrected chi connectivity index (χ0v) is 10.8. The van der Waals surface area contributed by atoms with Crippen LogP contribution in [0.3, 0.4) is 0 Å². The van der Waals surface area contributed by atoms with E-state index in [4.69, 9.17) is 11.6 Å². The summed E-state index contributed by atoms with van der Waals surface area (Å²) in [4.78, 5) is 21.1. The highest BCUT2D eigenvalue weighted by molar-refractivity contribution is 9.10. The smallest absolute Gasteiger partial charge is 0.293 e. The lowest BCUT2D eigenvalue weighted by Gasteiger charge is -2.12. The molecular formula is C9H4BrClF3NO3. The Morgan fingerprint density at radius 1 is 1.44 bits per heavy atom. The van der Waals surface area contributed by atoms with Gasteiger partial charge in [0.2, 0.25) is 0 Å². The van der Waals surface area contributed by atoms with Crippen molar-refractivity contribution in [2.24, 2.45) is 0 Å². The lowest BCUT2D eigenvalue weighted by atomic mass is 10.0. The molecule has 0 amide bonds. The van der Waals surface area contributed by atoms with Crippen LogP contribution in [0, 0.1) is 10.1 Å². The molecule has 0 aromatic heterocycles. The molecule has 18 heavy (non-hydrogen) atoms. The fourth-order valence-electron chi connectivity index (χ4n) is 1.28. The number of ketones is 1. The summed E-state index contributed by atoms with van der Waals surface area (Å²) in [7, 11) is 0. The fraction of sp³-hybridized carbons (Fsp3) is 0.222. The third-order valence-electron chi connectivity index (χ3n) is 2.02. The van der Waals surface area contributed by atoms with E-state index < -0.39 is 44.0 Å². The second-order valence-electron chi connectivity index (χ2n) is 3.13. The molecular weight excluding hydrogens is 342 g/mol. The zero-order chi connectivity index (χ0) is 14.1. The van der Waals surface area contributed by atoms with Gasteiger partial charge in [0.05, 0.1) is 21.9 Å². The van der Waals surface area contributed by atoms with Crippen molar-refractivity contribution in [2.45, 2.75) is 6.18 Å². The van der Waals surface area contributed by atoms with E-state index in [1.165, 1.54) is 0 Å². The second-order valence-corrected chi connectivity index (χ2v) is 4.19. The summed E-state index contributed by atoms with van der Waals surface area (Å²) in [5.41, 5.74) is -2.71. The molecule has 0 aliphatic heterocycles. The van der Waals surface area contributed by atoms with Crippen LogP contribution in [0.2, 0.25) is 0 Å². The molecule has 0 bridgehead atoms. The molecule has 9 heteroatoms. The van der Waals surface area contributed by atoms with Crippen molar-refractivity contribution >= 4 is 39.0 Å². The molecule has 0 radical (unpaired) electrons. The molecule has 0 aliphatic rings. The van der Waals surface area contributed by atoms with Crippen LogP contribution in [-0.2, 0) is 6.18 Å². The summed E-state index contributed by atoms with van der Waals surface area (Å²) in [6.07, 6.45) is -4.80. The Bertz CT molecular complexity index is 519. The number of halogens is 5. The van der Waals surface area contributed by atoms with Crippen LogP contribution < -0.4 is 0 Å². The maximum absolute atomic E-state index is 12.7. The minimum Gasteiger partial charge on any atom is -0.293 e. The molecule has 0 N–H and O–H groups in total. The zero-order valence-electron chi connectivity index (χ0n) is 8.42. The van der Waals surface area contributed by atoms with E-state index in [2.05, 4.69) is 15.9 Å². The van der Waals surface area contributed by atoms with Crippen LogP contribution in [0.25, 0.3) is 0 Å². The van der Waals surface area contributed by atoms with E-state index in [1.54, 1.807) is 0 Å². The quantitative estimate of drug-likeness (QED) is 0.362. The number of carbonyl (C=O) groups is 1. The average molecular weight is 346 g/mol. The summed E-state index contributed by atoms with van der Waals surface area (Å²) in [5, 5.41) is 10.6. The first-order valence-corrected chi connectivity index (χ1v) is 5.66. The Morgan fingerprint density at radius 2 is 2.00 bits per heavy atom. The maximum atomic E-state index is 12.7. The van der Waals surface area contributed by atoms with Crippen molar-refractivity contribution in [2.75, 3.05) is 5.88 Å². The lowest BCUT2D eigenvalue weighted by molar-refractivity contribution is -0.385. The molecule has 0 aliphatic carbocycles. The Kier molecular flexibility index (Phi) is 4.33. The van der Waals surface area contributed by atoms with Gasteiger partial charge in [0.15, 0.2) is 5.78 Å². The summed E-state index contributed by atoms with van der Waals surface area (Å²) in [6.45, 7) is 0. The van der Waals surface area contributed by atoms with Gasteiger partial charge < -0.3 is 0 Å². The van der Waals surface area contributed by atoms with E-state index >= 15 is 0 Å². The minimum absolute atomic E-state index is 0.489. The molecule has 0 atom stereocenters. The molecule has 1 rings (SSSR count). The number of carbonyl (C=O) groups excluding carboxylic acids is 1. The number of Topliss-reactive ketones (excluding diaryl/α,β-unsaturated/α-hetero) is 1. The molecule has 1 aromatic carbocycles. The van der Waals surface area contributed by atoms with E-state index in [9.17, 15) is 28.1 Å². The van der Waals surface area contributed by atoms with Crippen molar-refractivity contribution in [3.05, 3.63) is 37.8 Å². The highest BCUT2D eigenvalue weighted by atomic mass is 79.9. The molecule has 0 unspecified atom stereocenters. The Balaban J connectivity index is 3.62. The Labute approximate surface area is 112 Å². The van der Waals surface area contributed by atoms with E-state index in [0.29, 0.717) is 12.1 Å². The SMILES string of the molecule is O=C(CCl)c1c(C(F)(F)F)ccc([N+](=O)[O-])c1Br. The summed E-state index contributed by atoms with van der Waals surface area (Å²) in [6, 6.07) is 1.17. The van der Waals surface area contributed by atoms with Gasteiger partial charge in [-0.2, -0.15) is 13.2 Å². The minimum atomic E-state index is -4.80. The van der Waals surface area contributed by atoms with Gasteiger partial charge in [0, 0.05) is 6.07 Å². The number of rotatable bonds is 3. The number of benzene rings is 1. The van der Waals surface area contributed by atoms with Gasteiger partial charge in [-0.1, -0.05) is 0 Å². The molecule has 0 saturated heterocycles. The number of alkyl halides is 4. The molecule has 4 nitrogen and oxygen atoms in total. The normalized spacial score (nSPS) is 11.4. The van der Waals surface area contributed by atoms with Gasteiger partial charge in [-0.3, -0.25) is 14.9 Å². The highest BCUT2D eigenvalue weighted by Crippen LogP contribution is 2.39. The maximum Gasteiger partial charge on any atom is 0.417 e. The van der Waals surface area contributed by atoms with Crippen LogP contribution in [0.4, 0.5) is 18.9 Å². The number of nitro benzene ring substituents is 1. The van der Waals surface area contributed by atoms with Crippen LogP contribution in [0.1, 0.15) is 15.9 Å². The summed E-state index contributed by atoms with van der Waals surface area (Å²) in [5.74, 6) is -1.75. The predicted octanol–water partition coefficient (Wildman–Crippen LogP) is 3.80. The van der Waals surface area contributed by atoms with Gasteiger partial charge in [0.1, 0.15) is 4.47 Å². The highest BCUT2D eigenvalue weighted by Gasteiger charge is 2.38. The lowest BCUT2D eigenvalue weighted by Crippen LogP contribution is -2.15. The number of hydrogen-bond donors (Lipinski definition) is 0. The van der Waals surface area contributed by atoms with Crippen molar-refractivity contribution in [3.63, 3.8) is 0 Å². The molecule has 0 spiro atoms. The number of nitrogens with zero attached hydrogens (tertiary/aromatic N) is 1. The van der Waals surface area contributed by atoms with Crippen molar-refractivity contribution < 1.29 is 22.9 Å². The van der Waals surface area contributed by atoms with Gasteiger partial charge in [-0.15, -0.1) is 11.6 Å². The first kappa shape index (κ1) is 14.9. The molecule has 1 aromatic rings. The monoisotopic (exact) mass is 345 g/mol. The van der Waals surface area contributed by atoms with Gasteiger partial charge >= 0.3 is 6.18 Å². The van der Waals surface area contributed by atoms with E-state index in [1.807, 2.05) is 0 Å². The van der Waals surface area contributed by atoms with Crippen LogP contribution in [0.5, 0.6) is 0 Å². The topological polar surface area (TPSA) is 60.2 Å². The molecule has 0 heterocycles. The van der Waals surface area contributed by atoms with Crippen molar-refractivity contribution in [1.29, 1.82) is 0 Å². The second kappa shape index (κ2) is 5.23. The van der Waals surface area contributed by atoms with Crippen LogP contribution in [0.15, 0.2) is 16.6 Å². The molecule has 98 valence electrons. The third-order valence-corrected chi connectivity index (χ3v) is 3.07. The Morgan fingerprint density at radius 3 is 2.39 bits per heavy atom. The number of nitro groups is 1. The first-order chi connectivity index (χ1) is 8.20. The summed E-state index contributed by atoms with van der Waals surface area (Å²) >= 11 is 7.85. The predicted molar refractivity (Wildman–Crippen MR) is 60.8 cm³/mol. The van der Waals surface area contributed by atoms with Crippen LogP contribution in [-0.4, -0.2) is 16.6 Å².